The molecule has 7 nitrogen and oxygen atoms in total. The van der Waals surface area contributed by atoms with Crippen LogP contribution in [0.15, 0.2) is 47.5 Å². The molecule has 2 aliphatic rings. The van der Waals surface area contributed by atoms with Gasteiger partial charge >= 0.3 is 0 Å². The van der Waals surface area contributed by atoms with Crippen LogP contribution >= 0.6 is 11.3 Å². The summed E-state index contributed by atoms with van der Waals surface area (Å²) in [7, 11) is -3.50. The summed E-state index contributed by atoms with van der Waals surface area (Å²) in [5, 5.41) is 7.75. The molecule has 168 valence electrons. The first-order valence-corrected chi connectivity index (χ1v) is 13.2. The summed E-state index contributed by atoms with van der Waals surface area (Å²) in [6.07, 6.45) is 4.30. The first-order valence-electron chi connectivity index (χ1n) is 11.0. The molecule has 1 aromatic carbocycles. The molecule has 3 aromatic rings. The molecule has 0 radical (unpaired) electrons. The average molecular weight is 470 g/mol. The normalized spacial score (nSPS) is 17.8. The Labute approximate surface area is 193 Å². The number of piperidine rings is 1. The van der Waals surface area contributed by atoms with Crippen molar-refractivity contribution in [3.05, 3.63) is 58.7 Å². The van der Waals surface area contributed by atoms with Crippen LogP contribution in [0.1, 0.15) is 29.0 Å². The summed E-state index contributed by atoms with van der Waals surface area (Å²) in [6.45, 7) is 4.83. The zero-order valence-electron chi connectivity index (χ0n) is 18.0. The smallest absolute Gasteiger partial charge is 0.243 e. The summed E-state index contributed by atoms with van der Waals surface area (Å²) in [5.74, 6) is 0.840. The molecule has 0 spiro atoms. The van der Waals surface area contributed by atoms with Gasteiger partial charge in [-0.1, -0.05) is 18.2 Å². The minimum atomic E-state index is -3.50. The van der Waals surface area contributed by atoms with Gasteiger partial charge in [0.25, 0.3) is 0 Å². The molecule has 32 heavy (non-hydrogen) atoms. The van der Waals surface area contributed by atoms with E-state index in [1.54, 1.807) is 27.8 Å². The van der Waals surface area contributed by atoms with Gasteiger partial charge in [-0.25, -0.2) is 18.4 Å². The van der Waals surface area contributed by atoms with Gasteiger partial charge in [0.15, 0.2) is 0 Å². The summed E-state index contributed by atoms with van der Waals surface area (Å²) in [4.78, 5) is 10.8. The maximum atomic E-state index is 13.2. The van der Waals surface area contributed by atoms with Crippen molar-refractivity contribution < 1.29 is 8.42 Å². The molecule has 5 rings (SSSR count). The van der Waals surface area contributed by atoms with Crippen LogP contribution in [-0.2, 0) is 23.0 Å². The van der Waals surface area contributed by atoms with Crippen LogP contribution in [0, 0.1) is 6.92 Å². The first-order chi connectivity index (χ1) is 15.5. The van der Waals surface area contributed by atoms with E-state index in [4.69, 9.17) is 4.98 Å². The Morgan fingerprint density at radius 2 is 1.91 bits per heavy atom. The average Bonchev–Trinajstić information content (AvgIpc) is 3.25. The number of nitrogens with zero attached hydrogens (tertiary/aromatic N) is 3. The maximum absolute atomic E-state index is 13.2. The first kappa shape index (κ1) is 21.5. The summed E-state index contributed by atoms with van der Waals surface area (Å²) in [5.41, 5.74) is 3.25. The highest BCUT2D eigenvalue weighted by atomic mass is 32.2. The molecule has 9 heteroatoms. The fraction of sp³-hybridized carbons (Fsp3) is 0.391. The van der Waals surface area contributed by atoms with Crippen LogP contribution in [0.2, 0.25) is 0 Å². The van der Waals surface area contributed by atoms with E-state index in [-0.39, 0.29) is 6.04 Å². The lowest BCUT2D eigenvalue weighted by atomic mass is 10.1. The number of anilines is 1. The highest BCUT2D eigenvalue weighted by molar-refractivity contribution is 7.89. The van der Waals surface area contributed by atoms with Crippen LogP contribution < -0.4 is 10.6 Å². The number of aryl methyl sites for hydroxylation is 1. The molecule has 0 amide bonds. The fourth-order valence-corrected chi connectivity index (χ4v) is 6.72. The zero-order valence-corrected chi connectivity index (χ0v) is 19.7. The molecule has 2 aromatic heterocycles. The Bertz CT molecular complexity index is 1160. The maximum Gasteiger partial charge on any atom is 0.243 e. The lowest BCUT2D eigenvalue weighted by Crippen LogP contribution is -2.42. The Kier molecular flexibility index (Phi) is 5.98. The number of hydrogen-bond acceptors (Lipinski definition) is 7. The van der Waals surface area contributed by atoms with Gasteiger partial charge in [0.1, 0.15) is 10.8 Å². The molecule has 2 aliphatic heterocycles. The number of thiazole rings is 1. The van der Waals surface area contributed by atoms with E-state index in [0.29, 0.717) is 18.0 Å². The molecule has 1 saturated heterocycles. The standard InChI is InChI=1S/C23H27N5O2S2/c1-16-2-7-22(25-14-16)26-18-9-12-28(13-10-18)32(29,30)19-5-3-17(4-6-19)23-27-20-8-11-24-15-21(20)31-23/h2-7,14,18,24H,8-13,15H2,1H3,(H,25,26). The van der Waals surface area contributed by atoms with E-state index >= 15 is 0 Å². The highest BCUT2D eigenvalue weighted by Gasteiger charge is 2.29. The molecule has 0 unspecified atom stereocenters. The third-order valence-electron chi connectivity index (χ3n) is 6.06. The summed E-state index contributed by atoms with van der Waals surface area (Å²) >= 11 is 1.69. The second-order valence-electron chi connectivity index (χ2n) is 8.38. The molecule has 0 saturated carbocycles. The minimum absolute atomic E-state index is 0.226. The Morgan fingerprint density at radius 1 is 1.12 bits per heavy atom. The van der Waals surface area contributed by atoms with Crippen LogP contribution in [0.3, 0.4) is 0 Å². The lowest BCUT2D eigenvalue weighted by Gasteiger charge is -2.31. The predicted molar refractivity (Wildman–Crippen MR) is 127 cm³/mol. The molecule has 0 bridgehead atoms. The largest absolute Gasteiger partial charge is 0.367 e. The van der Waals surface area contributed by atoms with Crippen molar-refractivity contribution in [3.63, 3.8) is 0 Å². The van der Waals surface area contributed by atoms with E-state index < -0.39 is 10.0 Å². The Balaban J connectivity index is 1.24. The third kappa shape index (κ3) is 4.43. The monoisotopic (exact) mass is 469 g/mol. The van der Waals surface area contributed by atoms with Gasteiger partial charge in [0.2, 0.25) is 10.0 Å². The van der Waals surface area contributed by atoms with Crippen LogP contribution in [0.4, 0.5) is 5.82 Å². The summed E-state index contributed by atoms with van der Waals surface area (Å²) in [6, 6.07) is 11.4. The molecule has 4 heterocycles. The van der Waals surface area contributed by atoms with Crippen molar-refractivity contribution in [2.75, 3.05) is 25.0 Å². The quantitative estimate of drug-likeness (QED) is 0.595. The van der Waals surface area contributed by atoms with Crippen molar-refractivity contribution >= 4 is 27.2 Å². The van der Waals surface area contributed by atoms with E-state index in [9.17, 15) is 8.42 Å². The molecule has 1 fully saturated rings. The number of benzene rings is 1. The zero-order chi connectivity index (χ0) is 22.1. The van der Waals surface area contributed by atoms with Gasteiger partial charge in [-0.2, -0.15) is 4.31 Å². The van der Waals surface area contributed by atoms with Crippen LogP contribution in [0.25, 0.3) is 10.6 Å². The third-order valence-corrected chi connectivity index (χ3v) is 9.12. The second-order valence-corrected chi connectivity index (χ2v) is 11.4. The number of aromatic nitrogens is 2. The Hall–Kier alpha value is -2.33. The predicted octanol–water partition coefficient (Wildman–Crippen LogP) is 3.42. The number of pyridine rings is 1. The minimum Gasteiger partial charge on any atom is -0.367 e. The SMILES string of the molecule is Cc1ccc(NC2CCN(S(=O)(=O)c3ccc(-c4nc5c(s4)CNCC5)cc3)CC2)nc1. The van der Waals surface area contributed by atoms with Crippen LogP contribution in [-0.4, -0.2) is 48.4 Å². The van der Waals surface area contributed by atoms with Gasteiger partial charge in [-0.3, -0.25) is 0 Å². The molecule has 0 aliphatic carbocycles. The second kappa shape index (κ2) is 8.90. The van der Waals surface area contributed by atoms with E-state index in [0.717, 1.165) is 60.0 Å². The number of nitrogens with one attached hydrogen (secondary N) is 2. The number of sulfonamides is 1. The fourth-order valence-electron chi connectivity index (χ4n) is 4.17. The van der Waals surface area contributed by atoms with Crippen molar-refractivity contribution in [1.82, 2.24) is 19.6 Å². The molecule has 2 N–H and O–H groups in total. The molecular weight excluding hydrogens is 442 g/mol. The summed E-state index contributed by atoms with van der Waals surface area (Å²) < 4.78 is 27.9. The van der Waals surface area contributed by atoms with Gasteiger partial charge in [-0.15, -0.1) is 11.3 Å². The van der Waals surface area contributed by atoms with E-state index in [1.165, 1.54) is 4.88 Å². The molecule has 0 atom stereocenters. The topological polar surface area (TPSA) is 87.2 Å². The highest BCUT2D eigenvalue weighted by Crippen LogP contribution is 2.31. The van der Waals surface area contributed by atoms with Crippen molar-refractivity contribution in [2.45, 2.75) is 43.7 Å². The van der Waals surface area contributed by atoms with E-state index in [1.807, 2.05) is 37.4 Å². The Morgan fingerprint density at radius 3 is 2.59 bits per heavy atom. The van der Waals surface area contributed by atoms with Crippen LogP contribution in [0.5, 0.6) is 0 Å². The van der Waals surface area contributed by atoms with Crippen molar-refractivity contribution in [2.24, 2.45) is 0 Å². The number of fused-ring (bicyclic) bond motifs is 1. The lowest BCUT2D eigenvalue weighted by molar-refractivity contribution is 0.329. The van der Waals surface area contributed by atoms with Gasteiger partial charge in [0.05, 0.1) is 10.6 Å². The van der Waals surface area contributed by atoms with Gasteiger partial charge < -0.3 is 10.6 Å². The van der Waals surface area contributed by atoms with Crippen molar-refractivity contribution in [1.29, 1.82) is 0 Å². The number of hydrogen-bond donors (Lipinski definition) is 2. The molecular formula is C23H27N5O2S2. The van der Waals surface area contributed by atoms with Gasteiger partial charge in [-0.05, 0) is 43.5 Å². The number of rotatable bonds is 5. The van der Waals surface area contributed by atoms with Crippen molar-refractivity contribution in [3.8, 4) is 10.6 Å². The van der Waals surface area contributed by atoms with Gasteiger partial charge in [0, 0.05) is 55.3 Å². The van der Waals surface area contributed by atoms with E-state index in [2.05, 4.69) is 15.6 Å².